The van der Waals surface area contributed by atoms with Crippen LogP contribution in [0.15, 0.2) is 118 Å². The maximum Gasteiger partial charge on any atom is 0.0250 e. The van der Waals surface area contributed by atoms with E-state index in [-0.39, 0.29) is 0 Å². The van der Waals surface area contributed by atoms with Gasteiger partial charge in [-0.3, -0.25) is 0 Å². The third-order valence-corrected chi connectivity index (χ3v) is 11.3. The van der Waals surface area contributed by atoms with Gasteiger partial charge in [0.2, 0.25) is 0 Å². The normalized spacial score (nSPS) is 17.1. The third-order valence-electron chi connectivity index (χ3n) is 9.88. The highest BCUT2D eigenvalue weighted by molar-refractivity contribution is 9.10. The van der Waals surface area contributed by atoms with E-state index < -0.39 is 0 Å². The summed E-state index contributed by atoms with van der Waals surface area (Å²) in [5, 5.41) is 5.28. The molecule has 0 nitrogen and oxygen atoms in total. The predicted molar refractivity (Wildman–Crippen MR) is 196 cm³/mol. The Morgan fingerprint density at radius 2 is 0.932 bits per heavy atom. The summed E-state index contributed by atoms with van der Waals surface area (Å²) in [5.74, 6) is 0.669. The topological polar surface area (TPSA) is 0 Å². The van der Waals surface area contributed by atoms with Gasteiger partial charge < -0.3 is 0 Å². The molecule has 0 bridgehead atoms. The molecule has 0 heterocycles. The van der Waals surface area contributed by atoms with Gasteiger partial charge in [-0.25, -0.2) is 0 Å². The molecule has 0 N–H and O–H groups in total. The average molecular weight is 697 g/mol. The van der Waals surface area contributed by atoms with Crippen LogP contribution in [-0.4, -0.2) is 0 Å². The van der Waals surface area contributed by atoms with Crippen molar-refractivity contribution in [3.8, 4) is 0 Å². The van der Waals surface area contributed by atoms with E-state index in [9.17, 15) is 0 Å². The zero-order chi connectivity index (χ0) is 29.9. The van der Waals surface area contributed by atoms with Gasteiger partial charge in [0.1, 0.15) is 0 Å². The van der Waals surface area contributed by atoms with E-state index >= 15 is 0 Å². The highest BCUT2D eigenvalue weighted by Gasteiger charge is 2.32. The van der Waals surface area contributed by atoms with Crippen molar-refractivity contribution in [1.29, 1.82) is 0 Å². The Hall–Kier alpha value is -3.72. The fraction of sp³-hybridized carbons (Fsp3) is 0.143. The van der Waals surface area contributed by atoms with E-state index in [0.29, 0.717) is 11.8 Å². The van der Waals surface area contributed by atoms with Gasteiger partial charge in [0, 0.05) is 20.8 Å². The zero-order valence-corrected chi connectivity index (χ0v) is 28.0. The lowest BCUT2D eigenvalue weighted by molar-refractivity contribution is 0.657. The molecular weight excluding hydrogens is 664 g/mol. The van der Waals surface area contributed by atoms with Crippen LogP contribution in [0.25, 0.3) is 44.8 Å². The first kappa shape index (κ1) is 27.8. The number of fused-ring (bicyclic) bond motifs is 4. The second kappa shape index (κ2) is 11.0. The molecule has 0 saturated carbocycles. The summed E-state index contributed by atoms with van der Waals surface area (Å²) >= 11 is 7.75. The second-order valence-electron chi connectivity index (χ2n) is 12.4. The van der Waals surface area contributed by atoms with Crippen molar-refractivity contribution in [1.82, 2.24) is 0 Å². The van der Waals surface area contributed by atoms with Crippen molar-refractivity contribution in [2.24, 2.45) is 0 Å². The van der Waals surface area contributed by atoms with Crippen LogP contribution in [-0.2, 0) is 0 Å². The summed E-state index contributed by atoms with van der Waals surface area (Å²) in [6, 6.07) is 40.7. The predicted octanol–water partition coefficient (Wildman–Crippen LogP) is 12.9. The Balaban J connectivity index is 1.19. The molecule has 0 amide bonds. The number of hydrogen-bond donors (Lipinski definition) is 0. The molecule has 2 aliphatic carbocycles. The second-order valence-corrected chi connectivity index (χ2v) is 14.1. The van der Waals surface area contributed by atoms with E-state index in [0.717, 1.165) is 12.8 Å². The van der Waals surface area contributed by atoms with Crippen LogP contribution in [0.1, 0.15) is 69.2 Å². The molecule has 0 radical (unpaired) electrons. The van der Waals surface area contributed by atoms with Crippen LogP contribution in [0.2, 0.25) is 0 Å². The fourth-order valence-corrected chi connectivity index (χ4v) is 8.63. The molecule has 2 heteroatoms. The van der Waals surface area contributed by atoms with E-state index in [1.54, 1.807) is 0 Å². The molecule has 8 rings (SSSR count). The van der Waals surface area contributed by atoms with Gasteiger partial charge >= 0.3 is 0 Å². The fourth-order valence-electron chi connectivity index (χ4n) is 7.64. The van der Waals surface area contributed by atoms with Crippen LogP contribution in [0.3, 0.4) is 0 Å². The van der Waals surface area contributed by atoms with Gasteiger partial charge in [0.25, 0.3) is 0 Å². The molecule has 44 heavy (non-hydrogen) atoms. The molecule has 0 fully saturated rings. The molecule has 214 valence electrons. The summed E-state index contributed by atoms with van der Waals surface area (Å²) in [6.45, 7) is 4.40. The molecule has 2 atom stereocenters. The Kier molecular flexibility index (Phi) is 6.96. The van der Waals surface area contributed by atoms with E-state index in [1.807, 2.05) is 0 Å². The summed E-state index contributed by atoms with van der Waals surface area (Å²) < 4.78 is 2.35. The third kappa shape index (κ3) is 4.62. The zero-order valence-electron chi connectivity index (χ0n) is 24.9. The van der Waals surface area contributed by atoms with E-state index in [2.05, 4.69) is 167 Å². The molecule has 6 aromatic carbocycles. The molecule has 0 aliphatic heterocycles. The smallest absolute Gasteiger partial charge is 0.0250 e. The van der Waals surface area contributed by atoms with Crippen molar-refractivity contribution >= 4 is 76.7 Å². The Morgan fingerprint density at radius 3 is 1.39 bits per heavy atom. The van der Waals surface area contributed by atoms with E-state index in [1.165, 1.54) is 86.1 Å². The lowest BCUT2D eigenvalue weighted by Gasteiger charge is -2.23. The lowest BCUT2D eigenvalue weighted by atomic mass is 9.81. The van der Waals surface area contributed by atoms with Crippen molar-refractivity contribution < 1.29 is 0 Å². The maximum atomic E-state index is 3.88. The summed E-state index contributed by atoms with van der Waals surface area (Å²) in [6.07, 6.45) is 7.01. The van der Waals surface area contributed by atoms with Gasteiger partial charge in [-0.05, 0) is 140 Å². The Bertz CT molecular complexity index is 2020. The maximum absolute atomic E-state index is 3.88. The quantitative estimate of drug-likeness (QED) is 0.168. The number of benzene rings is 6. The SMILES string of the molecule is Cc1cccc2cc(C3=Cc4c(Br)cccc4C3CCC3C(c4ccc5c(C)cccc5c4)=Cc4c(Br)cccc43)ccc12. The summed E-state index contributed by atoms with van der Waals surface area (Å²) in [5.41, 5.74) is 13.7. The first-order chi connectivity index (χ1) is 21.5. The van der Waals surface area contributed by atoms with Crippen molar-refractivity contribution in [2.45, 2.75) is 38.5 Å². The number of allylic oxidation sites excluding steroid dienone is 2. The minimum Gasteiger partial charge on any atom is -0.0614 e. The Labute approximate surface area is 276 Å². The van der Waals surface area contributed by atoms with E-state index in [4.69, 9.17) is 0 Å². The molecule has 2 aliphatic rings. The summed E-state index contributed by atoms with van der Waals surface area (Å²) in [7, 11) is 0. The van der Waals surface area contributed by atoms with Crippen LogP contribution in [0, 0.1) is 13.8 Å². The lowest BCUT2D eigenvalue weighted by Crippen LogP contribution is -2.05. The monoisotopic (exact) mass is 694 g/mol. The minimum atomic E-state index is 0.335. The molecule has 0 saturated heterocycles. The van der Waals surface area contributed by atoms with Gasteiger partial charge in [-0.1, -0.05) is 117 Å². The number of rotatable bonds is 5. The highest BCUT2D eigenvalue weighted by atomic mass is 79.9. The summed E-state index contributed by atoms with van der Waals surface area (Å²) in [4.78, 5) is 0. The van der Waals surface area contributed by atoms with Gasteiger partial charge in [-0.2, -0.15) is 0 Å². The van der Waals surface area contributed by atoms with Crippen LogP contribution >= 0.6 is 31.9 Å². The molecule has 6 aromatic rings. The van der Waals surface area contributed by atoms with Gasteiger partial charge in [0.05, 0.1) is 0 Å². The van der Waals surface area contributed by atoms with Crippen molar-refractivity contribution in [3.63, 3.8) is 0 Å². The molecule has 2 unspecified atom stereocenters. The standard InChI is InChI=1S/C42H32Br2/c1-25-7-3-9-27-21-29(15-17-31(25)27)37-23-39-33(11-5-13-41(39)43)35(37)19-20-36-34-12-6-14-42(44)40(34)24-38(36)30-16-18-32-26(2)8-4-10-28(32)22-30/h3-18,21-24,35-36H,19-20H2,1-2H3. The number of halogens is 2. The molecular formula is C42H32Br2. The van der Waals surface area contributed by atoms with Crippen LogP contribution in [0.4, 0.5) is 0 Å². The first-order valence-corrected chi connectivity index (χ1v) is 17.0. The largest absolute Gasteiger partial charge is 0.0614 e. The van der Waals surface area contributed by atoms with Gasteiger partial charge in [0.15, 0.2) is 0 Å². The van der Waals surface area contributed by atoms with Gasteiger partial charge in [-0.15, -0.1) is 0 Å². The van der Waals surface area contributed by atoms with Crippen LogP contribution in [0.5, 0.6) is 0 Å². The molecule has 0 aromatic heterocycles. The molecule has 0 spiro atoms. The number of aryl methyl sites for hydroxylation is 2. The van der Waals surface area contributed by atoms with Crippen molar-refractivity contribution in [2.75, 3.05) is 0 Å². The minimum absolute atomic E-state index is 0.335. The highest BCUT2D eigenvalue weighted by Crippen LogP contribution is 2.52. The first-order valence-electron chi connectivity index (χ1n) is 15.5. The van der Waals surface area contributed by atoms with Crippen LogP contribution < -0.4 is 0 Å². The average Bonchev–Trinajstić information content (AvgIpc) is 3.60. The van der Waals surface area contributed by atoms with Crippen molar-refractivity contribution in [3.05, 3.63) is 163 Å². The Morgan fingerprint density at radius 1 is 0.500 bits per heavy atom. The number of hydrogen-bond acceptors (Lipinski definition) is 0.